The van der Waals surface area contributed by atoms with Gasteiger partial charge in [0.2, 0.25) is 0 Å². The molecular formula is C15H20FNO4S. The van der Waals surface area contributed by atoms with Crippen molar-refractivity contribution in [3.05, 3.63) is 30.1 Å². The number of nitrogens with one attached hydrogen (secondary N) is 1. The fourth-order valence-corrected chi connectivity index (χ4v) is 2.38. The molecule has 0 saturated heterocycles. The molecule has 122 valence electrons. The van der Waals surface area contributed by atoms with Gasteiger partial charge in [-0.05, 0) is 45.0 Å². The third-order valence-electron chi connectivity index (χ3n) is 2.41. The molecule has 0 heterocycles. The monoisotopic (exact) mass is 329 g/mol. The van der Waals surface area contributed by atoms with Gasteiger partial charge in [0.15, 0.2) is 0 Å². The molecular weight excluding hydrogens is 309 g/mol. The Morgan fingerprint density at radius 1 is 1.27 bits per heavy atom. The van der Waals surface area contributed by atoms with Crippen LogP contribution in [0.4, 0.5) is 9.18 Å². The van der Waals surface area contributed by atoms with Crippen LogP contribution in [0.15, 0.2) is 29.2 Å². The molecule has 0 aromatic heterocycles. The summed E-state index contributed by atoms with van der Waals surface area (Å²) in [5, 5.41) is 2.48. The summed E-state index contributed by atoms with van der Waals surface area (Å²) in [5.41, 5.74) is -0.658. The smallest absolute Gasteiger partial charge is 0.408 e. The summed E-state index contributed by atoms with van der Waals surface area (Å²) in [6, 6.07) is 5.01. The maximum atomic E-state index is 12.8. The number of hydrogen-bond acceptors (Lipinski definition) is 5. The zero-order valence-electron chi connectivity index (χ0n) is 13.0. The molecule has 7 heteroatoms. The van der Waals surface area contributed by atoms with Crippen LogP contribution < -0.4 is 5.32 Å². The van der Waals surface area contributed by atoms with Crippen molar-refractivity contribution >= 4 is 23.8 Å². The number of carbonyl (C=O) groups excluding carboxylic acids is 2. The van der Waals surface area contributed by atoms with Gasteiger partial charge in [-0.1, -0.05) is 0 Å². The highest BCUT2D eigenvalue weighted by Crippen LogP contribution is 2.19. The first-order valence-corrected chi connectivity index (χ1v) is 7.65. The number of amides is 1. The van der Waals surface area contributed by atoms with Crippen molar-refractivity contribution in [2.75, 3.05) is 12.9 Å². The van der Waals surface area contributed by atoms with Gasteiger partial charge >= 0.3 is 12.1 Å². The second-order valence-electron chi connectivity index (χ2n) is 5.49. The molecule has 1 atom stereocenters. The van der Waals surface area contributed by atoms with E-state index in [1.165, 1.54) is 31.0 Å². The van der Waals surface area contributed by atoms with Crippen LogP contribution in [0.3, 0.4) is 0 Å². The van der Waals surface area contributed by atoms with Crippen LogP contribution in [-0.4, -0.2) is 36.6 Å². The molecule has 0 fully saturated rings. The van der Waals surface area contributed by atoms with Crippen molar-refractivity contribution < 1.29 is 23.5 Å². The highest BCUT2D eigenvalue weighted by atomic mass is 32.2. The number of thioether (sulfide) groups is 1. The SMILES string of the molecule is COC(=O)[C@H](CSc1ccc(F)cc1)NC(=O)OC(C)(C)C. The first kappa shape index (κ1) is 18.3. The van der Waals surface area contributed by atoms with Crippen molar-refractivity contribution in [2.45, 2.75) is 37.3 Å². The second-order valence-corrected chi connectivity index (χ2v) is 6.58. The van der Waals surface area contributed by atoms with Crippen molar-refractivity contribution in [1.82, 2.24) is 5.32 Å². The minimum atomic E-state index is -0.852. The van der Waals surface area contributed by atoms with Crippen molar-refractivity contribution in [2.24, 2.45) is 0 Å². The van der Waals surface area contributed by atoms with E-state index >= 15 is 0 Å². The largest absolute Gasteiger partial charge is 0.467 e. The molecule has 0 aliphatic carbocycles. The van der Waals surface area contributed by atoms with Gasteiger partial charge in [0.05, 0.1) is 7.11 Å². The number of halogens is 1. The summed E-state index contributed by atoms with van der Waals surface area (Å²) in [6.07, 6.45) is -0.692. The summed E-state index contributed by atoms with van der Waals surface area (Å²) in [5.74, 6) is -0.654. The summed E-state index contributed by atoms with van der Waals surface area (Å²) in [6.45, 7) is 5.19. The standard InChI is InChI=1S/C15H20FNO4S/c1-15(2,3)21-14(19)17-12(13(18)20-4)9-22-11-7-5-10(16)6-8-11/h5-8,12H,9H2,1-4H3,(H,17,19)/t12-/m0/s1. The average Bonchev–Trinajstić information content (AvgIpc) is 2.42. The van der Waals surface area contributed by atoms with Gasteiger partial charge in [0.1, 0.15) is 17.5 Å². The lowest BCUT2D eigenvalue weighted by Crippen LogP contribution is -2.45. The minimum Gasteiger partial charge on any atom is -0.467 e. The van der Waals surface area contributed by atoms with Gasteiger partial charge in [-0.15, -0.1) is 11.8 Å². The normalized spacial score (nSPS) is 12.4. The number of carbonyl (C=O) groups is 2. The summed E-state index contributed by atoms with van der Waals surface area (Å²) < 4.78 is 22.6. The number of ether oxygens (including phenoxy) is 2. The number of rotatable bonds is 5. The quantitative estimate of drug-likeness (QED) is 0.664. The first-order chi connectivity index (χ1) is 10.2. The molecule has 0 spiro atoms. The fourth-order valence-electron chi connectivity index (χ4n) is 1.47. The van der Waals surface area contributed by atoms with Crippen molar-refractivity contribution in [3.8, 4) is 0 Å². The molecule has 0 unspecified atom stereocenters. The van der Waals surface area contributed by atoms with E-state index < -0.39 is 23.7 Å². The highest BCUT2D eigenvalue weighted by molar-refractivity contribution is 7.99. The number of alkyl carbamates (subject to hydrolysis) is 1. The van der Waals surface area contributed by atoms with Crippen LogP contribution in [0.5, 0.6) is 0 Å². The lowest BCUT2D eigenvalue weighted by molar-refractivity contribution is -0.142. The molecule has 5 nitrogen and oxygen atoms in total. The Balaban J connectivity index is 2.63. The van der Waals surface area contributed by atoms with Crippen LogP contribution in [0.2, 0.25) is 0 Å². The van der Waals surface area contributed by atoms with E-state index in [2.05, 4.69) is 10.1 Å². The van der Waals surface area contributed by atoms with E-state index in [1.54, 1.807) is 32.9 Å². The summed E-state index contributed by atoms with van der Waals surface area (Å²) >= 11 is 1.30. The molecule has 0 radical (unpaired) electrons. The third-order valence-corrected chi connectivity index (χ3v) is 3.51. The van der Waals surface area contributed by atoms with E-state index in [0.717, 1.165) is 4.90 Å². The number of esters is 1. The van der Waals surface area contributed by atoms with Crippen molar-refractivity contribution in [3.63, 3.8) is 0 Å². The van der Waals surface area contributed by atoms with Crippen LogP contribution in [0, 0.1) is 5.82 Å². The number of benzene rings is 1. The molecule has 1 rings (SSSR count). The molecule has 1 amide bonds. The molecule has 0 aliphatic rings. The Morgan fingerprint density at radius 3 is 2.36 bits per heavy atom. The van der Waals surface area contributed by atoms with E-state index in [0.29, 0.717) is 0 Å². The van der Waals surface area contributed by atoms with Gasteiger partial charge in [-0.2, -0.15) is 0 Å². The Bertz CT molecular complexity index is 513. The van der Waals surface area contributed by atoms with Crippen molar-refractivity contribution in [1.29, 1.82) is 0 Å². The predicted octanol–water partition coefficient (Wildman–Crippen LogP) is 2.98. The molecule has 22 heavy (non-hydrogen) atoms. The predicted molar refractivity (Wildman–Crippen MR) is 82.3 cm³/mol. The van der Waals surface area contributed by atoms with Gasteiger partial charge in [-0.3, -0.25) is 0 Å². The van der Waals surface area contributed by atoms with E-state index in [-0.39, 0.29) is 11.6 Å². The highest BCUT2D eigenvalue weighted by Gasteiger charge is 2.25. The van der Waals surface area contributed by atoms with E-state index in [1.807, 2.05) is 0 Å². The maximum Gasteiger partial charge on any atom is 0.408 e. The fraction of sp³-hybridized carbons (Fsp3) is 0.467. The molecule has 1 aromatic rings. The average molecular weight is 329 g/mol. The molecule has 0 bridgehead atoms. The van der Waals surface area contributed by atoms with E-state index in [9.17, 15) is 14.0 Å². The van der Waals surface area contributed by atoms with Gasteiger partial charge in [-0.25, -0.2) is 14.0 Å². The Kier molecular flexibility index (Phi) is 6.67. The first-order valence-electron chi connectivity index (χ1n) is 6.67. The third kappa shape index (κ3) is 6.80. The second kappa shape index (κ2) is 8.03. The Labute approximate surface area is 133 Å². The minimum absolute atomic E-state index is 0.248. The van der Waals surface area contributed by atoms with Gasteiger partial charge in [0, 0.05) is 10.6 Å². The summed E-state index contributed by atoms with van der Waals surface area (Å²) in [7, 11) is 1.24. The molecule has 1 aromatic carbocycles. The molecule has 1 N–H and O–H groups in total. The zero-order chi connectivity index (χ0) is 16.8. The topological polar surface area (TPSA) is 64.6 Å². The maximum absolute atomic E-state index is 12.8. The number of hydrogen-bond donors (Lipinski definition) is 1. The lowest BCUT2D eigenvalue weighted by atomic mass is 10.2. The summed E-state index contributed by atoms with van der Waals surface area (Å²) in [4.78, 5) is 24.2. The number of methoxy groups -OCH3 is 1. The van der Waals surface area contributed by atoms with E-state index in [4.69, 9.17) is 4.74 Å². The molecule has 0 saturated carbocycles. The van der Waals surface area contributed by atoms with Crippen LogP contribution in [0.25, 0.3) is 0 Å². The van der Waals surface area contributed by atoms with Gasteiger partial charge < -0.3 is 14.8 Å². The van der Waals surface area contributed by atoms with Crippen LogP contribution >= 0.6 is 11.8 Å². The van der Waals surface area contributed by atoms with Gasteiger partial charge in [0.25, 0.3) is 0 Å². The lowest BCUT2D eigenvalue weighted by Gasteiger charge is -2.22. The van der Waals surface area contributed by atoms with Crippen LogP contribution in [0.1, 0.15) is 20.8 Å². The molecule has 0 aliphatic heterocycles. The zero-order valence-corrected chi connectivity index (χ0v) is 13.8. The Hall–Kier alpha value is -1.76. The van der Waals surface area contributed by atoms with Crippen LogP contribution in [-0.2, 0) is 14.3 Å². The Morgan fingerprint density at radius 2 is 1.86 bits per heavy atom.